The number of carbonyl (C=O) groups is 1. The van der Waals surface area contributed by atoms with Crippen LogP contribution in [0.1, 0.15) is 74.2 Å². The third kappa shape index (κ3) is 4.24. The molecular formula is C24H32N2O. The topological polar surface area (TPSA) is 32.3 Å². The lowest BCUT2D eigenvalue weighted by atomic mass is 9.92. The molecule has 0 aliphatic heterocycles. The van der Waals surface area contributed by atoms with E-state index in [1.807, 2.05) is 0 Å². The van der Waals surface area contributed by atoms with Gasteiger partial charge in [0.05, 0.1) is 6.54 Å². The van der Waals surface area contributed by atoms with Crippen LogP contribution in [-0.4, -0.2) is 24.4 Å². The number of para-hydroxylation sites is 1. The standard InChI is InChI=1S/C24H32N2O/c1-16(2)19-11-8-12-20(17(3)4)24(19)25-23(27)15-26(5)22-14-13-18-9-6-7-10-21(18)22/h6-12,16-17,22H,13-15H2,1-5H3,(H,25,27)/t22-/m1/s1. The molecule has 0 saturated heterocycles. The highest BCUT2D eigenvalue weighted by Gasteiger charge is 2.27. The van der Waals surface area contributed by atoms with E-state index >= 15 is 0 Å². The lowest BCUT2D eigenvalue weighted by Gasteiger charge is -2.26. The molecule has 3 rings (SSSR count). The molecule has 1 aliphatic carbocycles. The fourth-order valence-electron chi connectivity index (χ4n) is 4.20. The van der Waals surface area contributed by atoms with E-state index in [1.54, 1.807) is 0 Å². The number of nitrogens with one attached hydrogen (secondary N) is 1. The maximum Gasteiger partial charge on any atom is 0.238 e. The van der Waals surface area contributed by atoms with E-state index in [-0.39, 0.29) is 5.91 Å². The lowest BCUT2D eigenvalue weighted by Crippen LogP contribution is -2.33. The van der Waals surface area contributed by atoms with Crippen LogP contribution in [-0.2, 0) is 11.2 Å². The highest BCUT2D eigenvalue weighted by atomic mass is 16.2. The van der Waals surface area contributed by atoms with E-state index in [0.717, 1.165) is 18.5 Å². The summed E-state index contributed by atoms with van der Waals surface area (Å²) in [5.74, 6) is 0.814. The van der Waals surface area contributed by atoms with Crippen LogP contribution in [0.4, 0.5) is 5.69 Å². The summed E-state index contributed by atoms with van der Waals surface area (Å²) in [5.41, 5.74) is 6.22. The van der Waals surface area contributed by atoms with Gasteiger partial charge in [-0.3, -0.25) is 9.69 Å². The van der Waals surface area contributed by atoms with Gasteiger partial charge in [-0.15, -0.1) is 0 Å². The van der Waals surface area contributed by atoms with E-state index in [1.165, 1.54) is 22.3 Å². The first kappa shape index (κ1) is 19.6. The summed E-state index contributed by atoms with van der Waals surface area (Å²) in [6.45, 7) is 9.11. The highest BCUT2D eigenvalue weighted by molar-refractivity contribution is 5.94. The number of hydrogen-bond donors (Lipinski definition) is 1. The van der Waals surface area contributed by atoms with Gasteiger partial charge in [0.2, 0.25) is 5.91 Å². The van der Waals surface area contributed by atoms with Crippen LogP contribution in [0.3, 0.4) is 0 Å². The fraction of sp³-hybridized carbons (Fsp3) is 0.458. The highest BCUT2D eigenvalue weighted by Crippen LogP contribution is 2.35. The molecule has 2 aromatic carbocycles. The second-order valence-electron chi connectivity index (χ2n) is 8.34. The minimum absolute atomic E-state index is 0.0666. The normalized spacial score (nSPS) is 16.2. The third-order valence-corrected chi connectivity index (χ3v) is 5.66. The lowest BCUT2D eigenvalue weighted by molar-refractivity contribution is -0.117. The Morgan fingerprint density at radius 1 is 1.04 bits per heavy atom. The molecule has 3 heteroatoms. The van der Waals surface area contributed by atoms with Gasteiger partial charge >= 0.3 is 0 Å². The first-order valence-corrected chi connectivity index (χ1v) is 10.1. The zero-order valence-corrected chi connectivity index (χ0v) is 17.3. The minimum atomic E-state index is 0.0666. The number of anilines is 1. The Kier molecular flexibility index (Phi) is 6.01. The molecule has 0 bridgehead atoms. The van der Waals surface area contributed by atoms with Gasteiger partial charge in [0.1, 0.15) is 0 Å². The Hall–Kier alpha value is -2.13. The van der Waals surface area contributed by atoms with Gasteiger partial charge in [0.15, 0.2) is 0 Å². The number of benzene rings is 2. The number of nitrogens with zero attached hydrogens (tertiary/aromatic N) is 1. The molecule has 0 aromatic heterocycles. The Bertz CT molecular complexity index is 784. The predicted octanol–water partition coefficient (Wildman–Crippen LogP) is 5.49. The van der Waals surface area contributed by atoms with E-state index < -0.39 is 0 Å². The van der Waals surface area contributed by atoms with Crippen LogP contribution in [0, 0.1) is 0 Å². The molecule has 0 fully saturated rings. The quantitative estimate of drug-likeness (QED) is 0.735. The number of aryl methyl sites for hydroxylation is 1. The van der Waals surface area contributed by atoms with Crippen molar-refractivity contribution in [1.29, 1.82) is 0 Å². The maximum atomic E-state index is 12.9. The summed E-state index contributed by atoms with van der Waals surface area (Å²) in [7, 11) is 2.06. The molecule has 144 valence electrons. The Labute approximate surface area is 163 Å². The number of fused-ring (bicyclic) bond motifs is 1. The van der Waals surface area contributed by atoms with Gasteiger partial charge in [-0.2, -0.15) is 0 Å². The van der Waals surface area contributed by atoms with E-state index in [0.29, 0.717) is 24.4 Å². The van der Waals surface area contributed by atoms with Crippen LogP contribution in [0.25, 0.3) is 0 Å². The van der Waals surface area contributed by atoms with Crippen molar-refractivity contribution in [2.45, 2.75) is 58.4 Å². The molecule has 0 radical (unpaired) electrons. The van der Waals surface area contributed by atoms with E-state index in [4.69, 9.17) is 0 Å². The second kappa shape index (κ2) is 8.26. The average Bonchev–Trinajstić information content (AvgIpc) is 3.05. The van der Waals surface area contributed by atoms with Crippen molar-refractivity contribution >= 4 is 11.6 Å². The van der Waals surface area contributed by atoms with Crippen molar-refractivity contribution in [2.24, 2.45) is 0 Å². The van der Waals surface area contributed by atoms with Gasteiger partial charge < -0.3 is 5.32 Å². The third-order valence-electron chi connectivity index (χ3n) is 5.66. The van der Waals surface area contributed by atoms with Crippen LogP contribution in [0.5, 0.6) is 0 Å². The number of carbonyl (C=O) groups excluding carboxylic acids is 1. The fourth-order valence-corrected chi connectivity index (χ4v) is 4.20. The van der Waals surface area contributed by atoms with E-state index in [9.17, 15) is 4.79 Å². The monoisotopic (exact) mass is 364 g/mol. The number of likely N-dealkylation sites (N-methyl/N-ethyl adjacent to an activating group) is 1. The van der Waals surface area contributed by atoms with Gasteiger partial charge in [0, 0.05) is 11.7 Å². The first-order chi connectivity index (χ1) is 12.9. The van der Waals surface area contributed by atoms with Crippen LogP contribution >= 0.6 is 0 Å². The Morgan fingerprint density at radius 2 is 1.67 bits per heavy atom. The molecule has 0 heterocycles. The first-order valence-electron chi connectivity index (χ1n) is 10.1. The van der Waals surface area contributed by atoms with Crippen molar-refractivity contribution in [2.75, 3.05) is 18.9 Å². The summed E-state index contributed by atoms with van der Waals surface area (Å²) in [6.07, 6.45) is 2.18. The number of hydrogen-bond acceptors (Lipinski definition) is 2. The molecule has 1 aliphatic rings. The SMILES string of the molecule is CC(C)c1cccc(C(C)C)c1NC(=O)CN(C)[C@@H]1CCc2ccccc21. The average molecular weight is 365 g/mol. The summed E-state index contributed by atoms with van der Waals surface area (Å²) in [4.78, 5) is 15.1. The van der Waals surface area contributed by atoms with Crippen LogP contribution in [0.2, 0.25) is 0 Å². The van der Waals surface area contributed by atoms with Crippen molar-refractivity contribution in [1.82, 2.24) is 4.90 Å². The predicted molar refractivity (Wildman–Crippen MR) is 113 cm³/mol. The molecule has 1 N–H and O–H groups in total. The maximum absolute atomic E-state index is 12.9. The van der Waals surface area contributed by atoms with Gasteiger partial charge in [-0.1, -0.05) is 70.2 Å². The van der Waals surface area contributed by atoms with Crippen molar-refractivity contribution in [3.63, 3.8) is 0 Å². The molecule has 27 heavy (non-hydrogen) atoms. The molecule has 0 spiro atoms. The Morgan fingerprint density at radius 3 is 2.30 bits per heavy atom. The smallest absolute Gasteiger partial charge is 0.238 e. The molecule has 2 aromatic rings. The molecular weight excluding hydrogens is 332 g/mol. The summed E-state index contributed by atoms with van der Waals surface area (Å²) in [5, 5.41) is 3.24. The molecule has 1 amide bonds. The van der Waals surface area contributed by atoms with Gasteiger partial charge in [-0.05, 0) is 54.0 Å². The second-order valence-corrected chi connectivity index (χ2v) is 8.34. The van der Waals surface area contributed by atoms with Gasteiger partial charge in [-0.25, -0.2) is 0 Å². The van der Waals surface area contributed by atoms with Gasteiger partial charge in [0.25, 0.3) is 0 Å². The van der Waals surface area contributed by atoms with Crippen LogP contribution in [0.15, 0.2) is 42.5 Å². The van der Waals surface area contributed by atoms with E-state index in [2.05, 4.69) is 87.4 Å². The zero-order chi connectivity index (χ0) is 19.6. The molecule has 3 nitrogen and oxygen atoms in total. The summed E-state index contributed by atoms with van der Waals surface area (Å²) >= 11 is 0. The molecule has 0 saturated carbocycles. The van der Waals surface area contributed by atoms with Crippen molar-refractivity contribution in [3.05, 3.63) is 64.7 Å². The summed E-state index contributed by atoms with van der Waals surface area (Å²) in [6, 6.07) is 15.3. The van der Waals surface area contributed by atoms with Crippen molar-refractivity contribution in [3.8, 4) is 0 Å². The number of amides is 1. The van der Waals surface area contributed by atoms with Crippen LogP contribution < -0.4 is 5.32 Å². The minimum Gasteiger partial charge on any atom is -0.324 e. The molecule has 0 unspecified atom stereocenters. The molecule has 1 atom stereocenters. The zero-order valence-electron chi connectivity index (χ0n) is 17.3. The number of rotatable bonds is 6. The summed E-state index contributed by atoms with van der Waals surface area (Å²) < 4.78 is 0. The Balaban J connectivity index is 1.75. The van der Waals surface area contributed by atoms with Crippen molar-refractivity contribution < 1.29 is 4.79 Å². The largest absolute Gasteiger partial charge is 0.324 e.